The first-order chi connectivity index (χ1) is 15.1. The van der Waals surface area contributed by atoms with E-state index in [-0.39, 0.29) is 5.41 Å². The second-order valence-electron chi connectivity index (χ2n) is 10.5. The van der Waals surface area contributed by atoms with Crippen LogP contribution in [0.2, 0.25) is 0 Å². The van der Waals surface area contributed by atoms with Gasteiger partial charge in [0.2, 0.25) is 5.69 Å². The van der Waals surface area contributed by atoms with E-state index in [1.807, 2.05) is 29.4 Å². The summed E-state index contributed by atoms with van der Waals surface area (Å²) < 4.78 is 11.2. The minimum atomic E-state index is 0.231. The van der Waals surface area contributed by atoms with Crippen molar-refractivity contribution < 1.29 is 8.98 Å². The standard InChI is InChI=1S/C28H28NOS2/c1-14-10-15(2)25-21(16(14)3)23-22-18(8-9-29(23)7)27-19(11-20(22)31-25)24-26(32-27)17(13-30-24)12-28(4,5)6/h8-11,13H,12H2,1-7H3/q+1. The molecular weight excluding hydrogens is 430 g/mol. The molecule has 162 valence electrons. The first-order valence-corrected chi connectivity index (χ1v) is 12.8. The van der Waals surface area contributed by atoms with Crippen LogP contribution in [0, 0.1) is 26.2 Å². The van der Waals surface area contributed by atoms with Crippen molar-refractivity contribution >= 4 is 54.2 Å². The normalized spacial score (nSPS) is 13.5. The summed E-state index contributed by atoms with van der Waals surface area (Å²) in [6.45, 7) is 13.6. The maximum absolute atomic E-state index is 6.19. The average Bonchev–Trinajstić information content (AvgIpc) is 3.27. The molecule has 0 saturated carbocycles. The largest absolute Gasteiger partial charge is 0.462 e. The fourth-order valence-corrected chi connectivity index (χ4v) is 7.75. The van der Waals surface area contributed by atoms with Crippen molar-refractivity contribution in [1.29, 1.82) is 0 Å². The highest BCUT2D eigenvalue weighted by molar-refractivity contribution is 8.00. The number of nitrogens with zero attached hydrogens (tertiary/aromatic N) is 1. The molecule has 0 radical (unpaired) electrons. The second-order valence-corrected chi connectivity index (χ2v) is 12.6. The van der Waals surface area contributed by atoms with Crippen molar-refractivity contribution in [3.63, 3.8) is 0 Å². The molecule has 1 aliphatic rings. The van der Waals surface area contributed by atoms with Gasteiger partial charge in [-0.15, -0.1) is 11.3 Å². The number of hydrogen-bond acceptors (Lipinski definition) is 3. The van der Waals surface area contributed by atoms with Gasteiger partial charge >= 0.3 is 0 Å². The summed E-state index contributed by atoms with van der Waals surface area (Å²) in [6.07, 6.45) is 5.24. The van der Waals surface area contributed by atoms with E-state index in [2.05, 4.69) is 77.6 Å². The summed E-state index contributed by atoms with van der Waals surface area (Å²) in [5.41, 5.74) is 9.48. The molecule has 0 unspecified atom stereocenters. The smallest absolute Gasteiger partial charge is 0.222 e. The highest BCUT2D eigenvalue weighted by atomic mass is 32.2. The Labute approximate surface area is 197 Å². The van der Waals surface area contributed by atoms with Crippen molar-refractivity contribution in [2.45, 2.75) is 57.8 Å². The van der Waals surface area contributed by atoms with E-state index >= 15 is 0 Å². The Morgan fingerprint density at radius 2 is 1.78 bits per heavy atom. The summed E-state index contributed by atoms with van der Waals surface area (Å²) in [6, 6.07) is 7.01. The first-order valence-electron chi connectivity index (χ1n) is 11.2. The van der Waals surface area contributed by atoms with Gasteiger partial charge in [0.25, 0.3) is 0 Å². The zero-order valence-electron chi connectivity index (χ0n) is 19.8. The quantitative estimate of drug-likeness (QED) is 0.231. The van der Waals surface area contributed by atoms with E-state index in [9.17, 15) is 0 Å². The van der Waals surface area contributed by atoms with Crippen LogP contribution in [0.4, 0.5) is 0 Å². The van der Waals surface area contributed by atoms with Crippen molar-refractivity contribution in [1.82, 2.24) is 0 Å². The Morgan fingerprint density at radius 3 is 2.53 bits per heavy atom. The van der Waals surface area contributed by atoms with Crippen molar-refractivity contribution in [3.8, 4) is 11.3 Å². The second kappa shape index (κ2) is 6.61. The van der Waals surface area contributed by atoms with Crippen LogP contribution in [0.15, 0.2) is 44.9 Å². The Hall–Kier alpha value is -2.30. The number of rotatable bonds is 1. The Morgan fingerprint density at radius 1 is 1.00 bits per heavy atom. The molecule has 5 aromatic rings. The molecule has 0 aliphatic carbocycles. The molecule has 32 heavy (non-hydrogen) atoms. The van der Waals surface area contributed by atoms with E-state index in [0.717, 1.165) is 12.0 Å². The van der Waals surface area contributed by atoms with Crippen LogP contribution in [-0.4, -0.2) is 0 Å². The van der Waals surface area contributed by atoms with Crippen LogP contribution in [0.5, 0.6) is 0 Å². The fraction of sp³-hybridized carbons (Fsp3) is 0.321. The molecule has 0 N–H and O–H groups in total. The van der Waals surface area contributed by atoms with Crippen LogP contribution < -0.4 is 4.57 Å². The van der Waals surface area contributed by atoms with Gasteiger partial charge in [0.05, 0.1) is 21.9 Å². The van der Waals surface area contributed by atoms with Crippen LogP contribution in [0.3, 0.4) is 0 Å². The number of aromatic nitrogens is 1. The molecule has 0 amide bonds. The molecule has 0 atom stereocenters. The SMILES string of the molecule is Cc1cc(C)c2c(c1C)-c1c3c(cc4c5occ(CC(C)(C)C)c5sc4c3cc[n+]1C)S2. The van der Waals surface area contributed by atoms with Crippen LogP contribution >= 0.6 is 23.1 Å². The molecule has 2 aromatic carbocycles. The van der Waals surface area contributed by atoms with Gasteiger partial charge in [0, 0.05) is 36.9 Å². The fourth-order valence-electron chi connectivity index (χ4n) is 5.23. The minimum Gasteiger partial charge on any atom is -0.462 e. The topological polar surface area (TPSA) is 17.0 Å². The van der Waals surface area contributed by atoms with Crippen molar-refractivity contribution in [3.05, 3.63) is 52.9 Å². The highest BCUT2D eigenvalue weighted by Gasteiger charge is 2.32. The molecule has 2 nitrogen and oxygen atoms in total. The molecular formula is C28H28NOS2+. The third-order valence-corrected chi connectivity index (χ3v) is 9.32. The van der Waals surface area contributed by atoms with Gasteiger partial charge in [0.1, 0.15) is 7.05 Å². The molecule has 0 spiro atoms. The van der Waals surface area contributed by atoms with Gasteiger partial charge in [0.15, 0.2) is 11.8 Å². The maximum atomic E-state index is 6.19. The lowest BCUT2D eigenvalue weighted by atomic mass is 9.89. The zero-order chi connectivity index (χ0) is 22.5. The molecule has 0 bridgehead atoms. The minimum absolute atomic E-state index is 0.231. The molecule has 6 rings (SSSR count). The van der Waals surface area contributed by atoms with E-state index in [0.29, 0.717) is 0 Å². The van der Waals surface area contributed by atoms with Gasteiger partial charge in [-0.1, -0.05) is 38.6 Å². The number of thiophene rings is 1. The molecule has 3 aromatic heterocycles. The van der Waals surface area contributed by atoms with Crippen LogP contribution in [0.1, 0.15) is 43.0 Å². The van der Waals surface area contributed by atoms with Crippen LogP contribution in [0.25, 0.3) is 42.4 Å². The lowest BCUT2D eigenvalue weighted by molar-refractivity contribution is -0.659. The predicted molar refractivity (Wildman–Crippen MR) is 137 cm³/mol. The monoisotopic (exact) mass is 458 g/mol. The Kier molecular flexibility index (Phi) is 4.20. The van der Waals surface area contributed by atoms with Gasteiger partial charge in [-0.3, -0.25) is 0 Å². The zero-order valence-corrected chi connectivity index (χ0v) is 21.4. The Balaban J connectivity index is 1.74. The molecule has 1 aliphatic heterocycles. The summed E-state index contributed by atoms with van der Waals surface area (Å²) in [4.78, 5) is 2.73. The predicted octanol–water partition coefficient (Wildman–Crippen LogP) is 8.27. The maximum Gasteiger partial charge on any atom is 0.222 e. The summed E-state index contributed by atoms with van der Waals surface area (Å²) in [5.74, 6) is 0. The lowest BCUT2D eigenvalue weighted by Gasteiger charge is -2.22. The molecule has 4 heterocycles. The summed E-state index contributed by atoms with van der Waals surface area (Å²) >= 11 is 3.83. The van der Waals surface area contributed by atoms with Crippen molar-refractivity contribution in [2.75, 3.05) is 0 Å². The summed E-state index contributed by atoms with van der Waals surface area (Å²) in [5, 5.41) is 3.99. The number of hydrogen-bond donors (Lipinski definition) is 0. The lowest BCUT2D eigenvalue weighted by Crippen LogP contribution is -2.32. The summed E-state index contributed by atoms with van der Waals surface area (Å²) in [7, 11) is 2.18. The number of aryl methyl sites for hydroxylation is 3. The first kappa shape index (κ1) is 20.3. The third kappa shape index (κ3) is 2.75. The average molecular weight is 459 g/mol. The van der Waals surface area contributed by atoms with Gasteiger partial charge < -0.3 is 4.42 Å². The number of furan rings is 1. The number of pyridine rings is 1. The van der Waals surface area contributed by atoms with E-state index in [4.69, 9.17) is 4.42 Å². The van der Waals surface area contributed by atoms with Gasteiger partial charge in [-0.2, -0.15) is 0 Å². The molecule has 0 fully saturated rings. The van der Waals surface area contributed by atoms with Gasteiger partial charge in [-0.05, 0) is 55.4 Å². The van der Waals surface area contributed by atoms with Gasteiger partial charge in [-0.25, -0.2) is 4.57 Å². The van der Waals surface area contributed by atoms with E-state index in [1.165, 1.54) is 68.9 Å². The Bertz CT molecular complexity index is 1590. The highest BCUT2D eigenvalue weighted by Crippen LogP contribution is 2.53. The third-order valence-electron chi connectivity index (χ3n) is 6.75. The molecule has 0 saturated heterocycles. The number of benzene rings is 2. The van der Waals surface area contributed by atoms with Crippen LogP contribution in [-0.2, 0) is 13.5 Å². The van der Waals surface area contributed by atoms with E-state index < -0.39 is 0 Å². The van der Waals surface area contributed by atoms with Crippen molar-refractivity contribution in [2.24, 2.45) is 12.5 Å². The van der Waals surface area contributed by atoms with E-state index in [1.54, 1.807) is 0 Å². The number of fused-ring (bicyclic) bond motifs is 6. The molecule has 4 heteroatoms.